The molecule has 6 heteroatoms. The van der Waals surface area contributed by atoms with Crippen LogP contribution in [0.3, 0.4) is 0 Å². The zero-order valence-corrected chi connectivity index (χ0v) is 13.5. The summed E-state index contributed by atoms with van der Waals surface area (Å²) < 4.78 is 11.0. The summed E-state index contributed by atoms with van der Waals surface area (Å²) in [7, 11) is 0. The Labute approximate surface area is 144 Å². The van der Waals surface area contributed by atoms with Gasteiger partial charge in [0.1, 0.15) is 6.10 Å². The van der Waals surface area contributed by atoms with Gasteiger partial charge in [-0.3, -0.25) is 9.78 Å². The molecule has 1 unspecified atom stereocenters. The first kappa shape index (κ1) is 15.5. The highest BCUT2D eigenvalue weighted by molar-refractivity contribution is 6.08. The second kappa shape index (κ2) is 6.86. The van der Waals surface area contributed by atoms with Crippen LogP contribution < -0.4 is 10.1 Å². The standard InChI is InChI=1S/C19H17N3O3/c23-19(22-16-5-1-3-13-4-2-8-21-18(13)16)14-6-9-20-17(11-14)25-15-7-10-24-12-15/h1-6,8-9,11,15H,7,10,12H2,(H,22,23). The van der Waals surface area contributed by atoms with Gasteiger partial charge in [-0.15, -0.1) is 0 Å². The van der Waals surface area contributed by atoms with Crippen LogP contribution in [0.2, 0.25) is 0 Å². The number of hydrogen-bond acceptors (Lipinski definition) is 5. The normalized spacial score (nSPS) is 16.7. The van der Waals surface area contributed by atoms with E-state index in [9.17, 15) is 4.79 Å². The Bertz CT molecular complexity index is 902. The van der Waals surface area contributed by atoms with E-state index in [0.717, 1.165) is 17.3 Å². The van der Waals surface area contributed by atoms with Gasteiger partial charge >= 0.3 is 0 Å². The van der Waals surface area contributed by atoms with Crippen molar-refractivity contribution in [3.05, 3.63) is 60.4 Å². The van der Waals surface area contributed by atoms with E-state index < -0.39 is 0 Å². The lowest BCUT2D eigenvalue weighted by atomic mass is 10.2. The van der Waals surface area contributed by atoms with Crippen molar-refractivity contribution < 1.29 is 14.3 Å². The fourth-order valence-electron chi connectivity index (χ4n) is 2.79. The third-order valence-electron chi connectivity index (χ3n) is 4.05. The predicted octanol–water partition coefficient (Wildman–Crippen LogP) is 3.05. The zero-order valence-electron chi connectivity index (χ0n) is 13.5. The quantitative estimate of drug-likeness (QED) is 0.793. The number of rotatable bonds is 4. The van der Waals surface area contributed by atoms with Crippen LogP contribution in [0.5, 0.6) is 5.88 Å². The lowest BCUT2D eigenvalue weighted by Crippen LogP contribution is -2.17. The van der Waals surface area contributed by atoms with Crippen LogP contribution in [-0.4, -0.2) is 35.2 Å². The highest BCUT2D eigenvalue weighted by atomic mass is 16.5. The molecule has 1 N–H and O–H groups in total. The maximum Gasteiger partial charge on any atom is 0.255 e. The summed E-state index contributed by atoms with van der Waals surface area (Å²) in [5, 5.41) is 3.89. The maximum atomic E-state index is 12.6. The number of aromatic nitrogens is 2. The van der Waals surface area contributed by atoms with E-state index in [1.165, 1.54) is 0 Å². The molecule has 0 saturated carbocycles. The molecular formula is C19H17N3O3. The first-order valence-electron chi connectivity index (χ1n) is 8.15. The van der Waals surface area contributed by atoms with Gasteiger partial charge in [-0.25, -0.2) is 4.98 Å². The van der Waals surface area contributed by atoms with E-state index >= 15 is 0 Å². The Kier molecular flexibility index (Phi) is 4.26. The van der Waals surface area contributed by atoms with Gasteiger partial charge in [-0.05, 0) is 18.2 Å². The van der Waals surface area contributed by atoms with Crippen LogP contribution in [0.25, 0.3) is 10.9 Å². The Hall–Kier alpha value is -2.99. The molecule has 3 aromatic rings. The van der Waals surface area contributed by atoms with E-state index in [-0.39, 0.29) is 12.0 Å². The average molecular weight is 335 g/mol. The largest absolute Gasteiger partial charge is 0.472 e. The van der Waals surface area contributed by atoms with Gasteiger partial charge in [-0.2, -0.15) is 0 Å². The minimum Gasteiger partial charge on any atom is -0.472 e. The van der Waals surface area contributed by atoms with Crippen molar-refractivity contribution in [3.63, 3.8) is 0 Å². The second-order valence-electron chi connectivity index (χ2n) is 5.82. The lowest BCUT2D eigenvalue weighted by Gasteiger charge is -2.12. The molecule has 3 heterocycles. The van der Waals surface area contributed by atoms with Crippen molar-refractivity contribution >= 4 is 22.5 Å². The number of anilines is 1. The number of para-hydroxylation sites is 1. The molecule has 25 heavy (non-hydrogen) atoms. The van der Waals surface area contributed by atoms with Crippen molar-refractivity contribution in [1.82, 2.24) is 9.97 Å². The van der Waals surface area contributed by atoms with Crippen LogP contribution in [-0.2, 0) is 4.74 Å². The summed E-state index contributed by atoms with van der Waals surface area (Å²) >= 11 is 0. The summed E-state index contributed by atoms with van der Waals surface area (Å²) in [5.74, 6) is 0.201. The number of hydrogen-bond donors (Lipinski definition) is 1. The topological polar surface area (TPSA) is 73.3 Å². The SMILES string of the molecule is O=C(Nc1cccc2cccnc12)c1ccnc(OC2CCOC2)c1. The minimum atomic E-state index is -0.229. The van der Waals surface area contributed by atoms with Crippen molar-refractivity contribution in [3.8, 4) is 5.88 Å². The number of fused-ring (bicyclic) bond motifs is 1. The highest BCUT2D eigenvalue weighted by Gasteiger charge is 2.18. The summed E-state index contributed by atoms with van der Waals surface area (Å²) in [6.45, 7) is 1.25. The molecule has 1 aliphatic rings. The van der Waals surface area contributed by atoms with Gasteiger partial charge in [0.2, 0.25) is 5.88 Å². The van der Waals surface area contributed by atoms with Crippen molar-refractivity contribution in [1.29, 1.82) is 0 Å². The molecular weight excluding hydrogens is 318 g/mol. The molecule has 0 bridgehead atoms. The third kappa shape index (κ3) is 3.44. The van der Waals surface area contributed by atoms with E-state index in [0.29, 0.717) is 30.3 Å². The smallest absolute Gasteiger partial charge is 0.255 e. The average Bonchev–Trinajstić information content (AvgIpc) is 3.15. The molecule has 1 aromatic carbocycles. The highest BCUT2D eigenvalue weighted by Crippen LogP contribution is 2.22. The number of nitrogens with zero attached hydrogens (tertiary/aromatic N) is 2. The van der Waals surface area contributed by atoms with Gasteiger partial charge in [-0.1, -0.05) is 18.2 Å². The summed E-state index contributed by atoms with van der Waals surface area (Å²) in [5.41, 5.74) is 1.91. The number of ether oxygens (including phenoxy) is 2. The first-order chi connectivity index (χ1) is 12.3. The molecule has 126 valence electrons. The van der Waals surface area contributed by atoms with Gasteiger partial charge in [0.25, 0.3) is 5.91 Å². The number of benzene rings is 1. The van der Waals surface area contributed by atoms with Crippen LogP contribution in [0, 0.1) is 0 Å². The molecule has 0 radical (unpaired) electrons. The number of pyridine rings is 2. The molecule has 0 aliphatic carbocycles. The Morgan fingerprint density at radius 1 is 1.16 bits per heavy atom. The van der Waals surface area contributed by atoms with Crippen molar-refractivity contribution in [2.45, 2.75) is 12.5 Å². The van der Waals surface area contributed by atoms with Gasteiger partial charge < -0.3 is 14.8 Å². The first-order valence-corrected chi connectivity index (χ1v) is 8.15. The molecule has 6 nitrogen and oxygen atoms in total. The maximum absolute atomic E-state index is 12.6. The molecule has 1 fully saturated rings. The zero-order chi connectivity index (χ0) is 17.1. The molecule has 4 rings (SSSR count). The minimum absolute atomic E-state index is 0.00641. The number of nitrogens with one attached hydrogen (secondary N) is 1. The molecule has 2 aromatic heterocycles. The van der Waals surface area contributed by atoms with Gasteiger partial charge in [0.15, 0.2) is 0 Å². The van der Waals surface area contributed by atoms with Crippen LogP contribution in [0.4, 0.5) is 5.69 Å². The summed E-state index contributed by atoms with van der Waals surface area (Å²) in [4.78, 5) is 21.1. The molecule has 0 spiro atoms. The molecule has 1 saturated heterocycles. The van der Waals surface area contributed by atoms with E-state index in [1.807, 2.05) is 30.3 Å². The Morgan fingerprint density at radius 2 is 2.08 bits per heavy atom. The predicted molar refractivity (Wildman–Crippen MR) is 93.8 cm³/mol. The number of amides is 1. The third-order valence-corrected chi connectivity index (χ3v) is 4.05. The molecule has 1 amide bonds. The summed E-state index contributed by atoms with van der Waals surface area (Å²) in [6, 6.07) is 12.8. The monoisotopic (exact) mass is 335 g/mol. The van der Waals surface area contributed by atoms with Crippen molar-refractivity contribution in [2.24, 2.45) is 0 Å². The van der Waals surface area contributed by atoms with E-state index in [1.54, 1.807) is 24.5 Å². The second-order valence-corrected chi connectivity index (χ2v) is 5.82. The molecule has 1 aliphatic heterocycles. The van der Waals surface area contributed by atoms with Gasteiger partial charge in [0.05, 0.1) is 24.4 Å². The number of carbonyl (C=O) groups excluding carboxylic acids is 1. The fourth-order valence-corrected chi connectivity index (χ4v) is 2.79. The van der Waals surface area contributed by atoms with Crippen LogP contribution >= 0.6 is 0 Å². The fraction of sp³-hybridized carbons (Fsp3) is 0.211. The lowest BCUT2D eigenvalue weighted by molar-refractivity contribution is 0.102. The Balaban J connectivity index is 1.54. The number of carbonyl (C=O) groups is 1. The summed E-state index contributed by atoms with van der Waals surface area (Å²) in [6.07, 6.45) is 4.11. The van der Waals surface area contributed by atoms with Crippen molar-refractivity contribution in [2.75, 3.05) is 18.5 Å². The van der Waals surface area contributed by atoms with E-state index in [2.05, 4.69) is 15.3 Å². The van der Waals surface area contributed by atoms with Crippen LogP contribution in [0.15, 0.2) is 54.9 Å². The molecule has 1 atom stereocenters. The van der Waals surface area contributed by atoms with E-state index in [4.69, 9.17) is 9.47 Å². The Morgan fingerprint density at radius 3 is 2.96 bits per heavy atom. The van der Waals surface area contributed by atoms with Crippen LogP contribution in [0.1, 0.15) is 16.8 Å². The van der Waals surface area contributed by atoms with Gasteiger partial charge in [0, 0.05) is 35.8 Å².